The molecule has 1 saturated heterocycles. The van der Waals surface area contributed by atoms with E-state index in [1.54, 1.807) is 4.90 Å². The molecule has 0 N–H and O–H groups in total. The Labute approximate surface area is 219 Å². The molecule has 38 heavy (non-hydrogen) atoms. The van der Waals surface area contributed by atoms with Gasteiger partial charge in [-0.2, -0.15) is 18.4 Å². The van der Waals surface area contributed by atoms with Crippen molar-refractivity contribution in [3.63, 3.8) is 0 Å². The molecule has 0 spiro atoms. The maximum Gasteiger partial charge on any atom is 0.416 e. The quantitative estimate of drug-likeness (QED) is 0.363. The van der Waals surface area contributed by atoms with Crippen molar-refractivity contribution in [1.29, 1.82) is 5.26 Å². The van der Waals surface area contributed by atoms with E-state index in [-0.39, 0.29) is 30.2 Å². The van der Waals surface area contributed by atoms with Gasteiger partial charge in [-0.15, -0.1) is 0 Å². The van der Waals surface area contributed by atoms with Crippen LogP contribution in [0.1, 0.15) is 59.4 Å². The number of amides is 1. The van der Waals surface area contributed by atoms with Gasteiger partial charge in [-0.1, -0.05) is 54.6 Å². The Bertz CT molecular complexity index is 1440. The van der Waals surface area contributed by atoms with E-state index < -0.39 is 17.8 Å². The summed E-state index contributed by atoms with van der Waals surface area (Å²) in [6, 6.07) is 21.1. The van der Waals surface area contributed by atoms with Crippen molar-refractivity contribution in [3.8, 4) is 17.2 Å². The topological polar surface area (TPSA) is 53.3 Å². The van der Waals surface area contributed by atoms with E-state index >= 15 is 0 Å². The molecule has 0 aromatic heterocycles. The van der Waals surface area contributed by atoms with Gasteiger partial charge in [0.1, 0.15) is 6.61 Å². The third-order valence-electron chi connectivity index (χ3n) is 8.00. The number of halogens is 3. The molecule has 4 nitrogen and oxygen atoms in total. The number of carbonyl (C=O) groups excluding carboxylic acids is 1. The van der Waals surface area contributed by atoms with Gasteiger partial charge in [0.2, 0.25) is 0 Å². The van der Waals surface area contributed by atoms with Crippen molar-refractivity contribution >= 4 is 11.7 Å². The minimum absolute atomic E-state index is 0.0506. The number of rotatable bonds is 3. The Morgan fingerprint density at radius 1 is 0.974 bits per heavy atom. The average molecular weight is 515 g/mol. The van der Waals surface area contributed by atoms with Gasteiger partial charge in [0.05, 0.1) is 23.2 Å². The van der Waals surface area contributed by atoms with Crippen LogP contribution in [0.4, 0.5) is 18.0 Å². The van der Waals surface area contributed by atoms with Crippen molar-refractivity contribution < 1.29 is 22.7 Å². The Morgan fingerprint density at radius 3 is 2.29 bits per heavy atom. The zero-order valence-electron chi connectivity index (χ0n) is 20.5. The van der Waals surface area contributed by atoms with Crippen LogP contribution in [0.5, 0.6) is 0 Å². The van der Waals surface area contributed by atoms with Gasteiger partial charge in [0.25, 0.3) is 0 Å². The first-order chi connectivity index (χ1) is 18.3. The van der Waals surface area contributed by atoms with E-state index in [0.717, 1.165) is 47.2 Å². The van der Waals surface area contributed by atoms with Gasteiger partial charge >= 0.3 is 12.3 Å². The first kappa shape index (κ1) is 24.3. The monoisotopic (exact) mass is 514 g/mol. The largest absolute Gasteiger partial charge is 0.448 e. The molecule has 1 amide bonds. The number of nitrogens with zero attached hydrogens (tertiary/aromatic N) is 2. The zero-order chi connectivity index (χ0) is 26.4. The molecule has 2 atom stereocenters. The fourth-order valence-corrected chi connectivity index (χ4v) is 6.27. The standard InChI is InChI=1S/C31H25F3N2O2/c32-31(33,34)21-13-12-19(17-35)28(16-21)20-14-22-6-5-7-23(15-20)36(22)30(37)38-18-29-26-10-3-1-8-24(26)25-9-2-4-11-27(25)29/h1-4,8-14,16,22-23,29H,5-7,15,18H2. The molecule has 2 heterocycles. The summed E-state index contributed by atoms with van der Waals surface area (Å²) in [5.41, 5.74) is 4.99. The Hall–Kier alpha value is -4.05. The number of hydrogen-bond acceptors (Lipinski definition) is 3. The molecule has 0 radical (unpaired) electrons. The van der Waals surface area contributed by atoms with Crippen molar-refractivity contribution in [2.24, 2.45) is 0 Å². The molecular weight excluding hydrogens is 489 g/mol. The van der Waals surface area contributed by atoms with Gasteiger partial charge in [-0.3, -0.25) is 4.90 Å². The van der Waals surface area contributed by atoms with Crippen molar-refractivity contribution in [2.75, 3.05) is 6.61 Å². The van der Waals surface area contributed by atoms with Crippen LogP contribution in [-0.4, -0.2) is 29.7 Å². The van der Waals surface area contributed by atoms with Crippen LogP contribution in [0.3, 0.4) is 0 Å². The molecule has 2 unspecified atom stereocenters. The third-order valence-corrected chi connectivity index (χ3v) is 8.00. The molecule has 192 valence electrons. The highest BCUT2D eigenvalue weighted by atomic mass is 19.4. The van der Waals surface area contributed by atoms with Gasteiger partial charge in [-0.25, -0.2) is 4.79 Å². The molecule has 2 aliphatic heterocycles. The van der Waals surface area contributed by atoms with E-state index in [0.29, 0.717) is 24.0 Å². The third kappa shape index (κ3) is 4.14. The minimum Gasteiger partial charge on any atom is -0.448 e. The van der Waals surface area contributed by atoms with Gasteiger partial charge in [0.15, 0.2) is 0 Å². The molecule has 1 fully saturated rings. The summed E-state index contributed by atoms with van der Waals surface area (Å²) in [6.07, 6.45) is -0.309. The molecule has 0 saturated carbocycles. The van der Waals surface area contributed by atoms with Crippen molar-refractivity contribution in [2.45, 2.75) is 49.9 Å². The Kier molecular flexibility index (Phi) is 5.98. The molecule has 3 aromatic carbocycles. The number of piperidine rings is 1. The maximum absolute atomic E-state index is 13.4. The molecule has 6 rings (SSSR count). The molecular formula is C31H25F3N2O2. The molecule has 1 aliphatic carbocycles. The predicted octanol–water partition coefficient (Wildman–Crippen LogP) is 7.54. The summed E-state index contributed by atoms with van der Waals surface area (Å²) in [6.45, 7) is 0.214. The Morgan fingerprint density at radius 2 is 1.66 bits per heavy atom. The van der Waals surface area contributed by atoms with E-state index in [2.05, 4.69) is 24.3 Å². The molecule has 2 bridgehead atoms. The lowest BCUT2D eigenvalue weighted by molar-refractivity contribution is -0.137. The van der Waals surface area contributed by atoms with Gasteiger partial charge in [-0.05, 0) is 77.3 Å². The van der Waals surface area contributed by atoms with E-state index in [1.807, 2.05) is 36.4 Å². The second-order valence-corrected chi connectivity index (χ2v) is 10.1. The molecule has 3 aliphatic rings. The first-order valence-corrected chi connectivity index (χ1v) is 12.8. The smallest absolute Gasteiger partial charge is 0.416 e. The zero-order valence-corrected chi connectivity index (χ0v) is 20.5. The van der Waals surface area contributed by atoms with Crippen LogP contribution in [0.15, 0.2) is 72.8 Å². The maximum atomic E-state index is 13.4. The molecule has 7 heteroatoms. The Balaban J connectivity index is 1.25. The van der Waals surface area contributed by atoms with Crippen LogP contribution < -0.4 is 0 Å². The fourth-order valence-electron chi connectivity index (χ4n) is 6.27. The summed E-state index contributed by atoms with van der Waals surface area (Å²) in [5, 5.41) is 9.56. The highest BCUT2D eigenvalue weighted by molar-refractivity contribution is 5.80. The summed E-state index contributed by atoms with van der Waals surface area (Å²) in [5.74, 6) is -0.0506. The summed E-state index contributed by atoms with van der Waals surface area (Å²) < 4.78 is 46.1. The van der Waals surface area contributed by atoms with Crippen molar-refractivity contribution in [3.05, 3.63) is 101 Å². The highest BCUT2D eigenvalue weighted by Gasteiger charge is 2.40. The van der Waals surface area contributed by atoms with Crippen LogP contribution >= 0.6 is 0 Å². The second-order valence-electron chi connectivity index (χ2n) is 10.1. The summed E-state index contributed by atoms with van der Waals surface area (Å²) in [7, 11) is 0. The van der Waals surface area contributed by atoms with Crippen LogP contribution in [0.25, 0.3) is 16.7 Å². The number of alkyl halides is 3. The number of benzene rings is 3. The summed E-state index contributed by atoms with van der Waals surface area (Å²) >= 11 is 0. The van der Waals surface area contributed by atoms with Crippen LogP contribution in [0, 0.1) is 11.3 Å². The first-order valence-electron chi connectivity index (χ1n) is 12.8. The normalized spacial score (nSPS) is 20.3. The van der Waals surface area contributed by atoms with Gasteiger partial charge < -0.3 is 4.74 Å². The second kappa shape index (κ2) is 9.36. The lowest BCUT2D eigenvalue weighted by atomic mass is 9.81. The number of nitriles is 1. The number of hydrogen-bond donors (Lipinski definition) is 0. The average Bonchev–Trinajstić information content (AvgIpc) is 3.23. The number of ether oxygens (including phenoxy) is 1. The molecule has 3 aromatic rings. The van der Waals surface area contributed by atoms with Crippen LogP contribution in [0.2, 0.25) is 0 Å². The van der Waals surface area contributed by atoms with Crippen LogP contribution in [-0.2, 0) is 10.9 Å². The van der Waals surface area contributed by atoms with E-state index in [9.17, 15) is 23.2 Å². The summed E-state index contributed by atoms with van der Waals surface area (Å²) in [4.78, 5) is 15.2. The van der Waals surface area contributed by atoms with E-state index in [1.165, 1.54) is 6.07 Å². The SMILES string of the molecule is N#Cc1ccc(C(F)(F)F)cc1C1=CC2CCCC(C1)N2C(=O)OCC1c2ccccc2-c2ccccc21. The predicted molar refractivity (Wildman–Crippen MR) is 137 cm³/mol. The number of fused-ring (bicyclic) bond motifs is 5. The number of carbonyl (C=O) groups is 1. The van der Waals surface area contributed by atoms with Gasteiger partial charge in [0, 0.05) is 12.0 Å². The van der Waals surface area contributed by atoms with E-state index in [4.69, 9.17) is 4.74 Å². The minimum atomic E-state index is -4.50. The lowest BCUT2D eigenvalue weighted by Crippen LogP contribution is -2.52. The van der Waals surface area contributed by atoms with Crippen molar-refractivity contribution in [1.82, 2.24) is 4.90 Å². The highest BCUT2D eigenvalue weighted by Crippen LogP contribution is 2.45. The fraction of sp³-hybridized carbons (Fsp3) is 0.290. The lowest BCUT2D eigenvalue weighted by Gasteiger charge is -2.44.